The van der Waals surface area contributed by atoms with E-state index < -0.39 is 11.9 Å². The van der Waals surface area contributed by atoms with Gasteiger partial charge in [0.25, 0.3) is 0 Å². The Labute approximate surface area is 271 Å². The first-order chi connectivity index (χ1) is 21.8. The van der Waals surface area contributed by atoms with Gasteiger partial charge in [-0.3, -0.25) is 0 Å². The molecule has 1 aliphatic rings. The lowest BCUT2D eigenvalue weighted by atomic mass is 9.83. The van der Waals surface area contributed by atoms with Crippen molar-refractivity contribution in [3.63, 3.8) is 0 Å². The first kappa shape index (κ1) is 31.6. The predicted octanol–water partition coefficient (Wildman–Crippen LogP) is 7.74. The number of fused-ring (bicyclic) bond motifs is 1. The summed E-state index contributed by atoms with van der Waals surface area (Å²) in [5, 5.41) is 11.1. The molecule has 230 valence electrons. The topological polar surface area (TPSA) is 113 Å². The van der Waals surface area contributed by atoms with Crippen LogP contribution >= 0.6 is 23.2 Å². The molecule has 1 heterocycles. The number of carbonyl (C=O) groups is 1. The van der Waals surface area contributed by atoms with Gasteiger partial charge in [-0.05, 0) is 66.9 Å². The van der Waals surface area contributed by atoms with Crippen LogP contribution in [0.25, 0.3) is 0 Å². The summed E-state index contributed by atoms with van der Waals surface area (Å²) in [6.07, 6.45) is 0.910. The molecule has 1 unspecified atom stereocenters. The van der Waals surface area contributed by atoms with E-state index in [0.717, 1.165) is 17.5 Å². The van der Waals surface area contributed by atoms with Crippen LogP contribution in [0.2, 0.25) is 10.0 Å². The molecule has 0 bridgehead atoms. The molecule has 10 heteroatoms. The number of nitriles is 1. The van der Waals surface area contributed by atoms with Gasteiger partial charge in [-0.25, -0.2) is 4.79 Å². The highest BCUT2D eigenvalue weighted by Crippen LogP contribution is 2.45. The standard InChI is InChI=1S/C35H30Cl2N2O6/c1-3-21-5-10-25(11-6-21)42-20-33(40)44-26-12-13-27-31(17-26)45-35(39)28(18-38)34(27)22-8-14-30(32(15-22)41-4-2)43-19-23-7-9-24(36)16-29(23)37/h5-17,34H,3-4,19-20,39H2,1-2H3. The Morgan fingerprint density at radius 1 is 0.911 bits per heavy atom. The minimum atomic E-state index is -0.583. The van der Waals surface area contributed by atoms with Gasteiger partial charge in [0.15, 0.2) is 18.1 Å². The number of hydrogen-bond acceptors (Lipinski definition) is 8. The third-order valence-electron chi connectivity index (χ3n) is 7.11. The number of rotatable bonds is 11. The highest BCUT2D eigenvalue weighted by molar-refractivity contribution is 6.35. The second kappa shape index (κ2) is 14.3. The van der Waals surface area contributed by atoms with Crippen molar-refractivity contribution >= 4 is 29.2 Å². The second-order valence-electron chi connectivity index (χ2n) is 10.0. The molecular formula is C35H30Cl2N2O6. The lowest BCUT2D eigenvalue weighted by molar-refractivity contribution is -0.136. The molecule has 0 fully saturated rings. The van der Waals surface area contributed by atoms with Crippen molar-refractivity contribution in [2.24, 2.45) is 5.73 Å². The molecule has 8 nitrogen and oxygen atoms in total. The molecule has 1 aliphatic heterocycles. The van der Waals surface area contributed by atoms with Crippen LogP contribution in [0, 0.1) is 11.3 Å². The molecule has 4 aromatic rings. The van der Waals surface area contributed by atoms with Crippen molar-refractivity contribution in [1.29, 1.82) is 5.26 Å². The lowest BCUT2D eigenvalue weighted by Gasteiger charge is -2.27. The number of aryl methyl sites for hydroxylation is 1. The summed E-state index contributed by atoms with van der Waals surface area (Å²) in [6.45, 7) is 4.24. The zero-order valence-corrected chi connectivity index (χ0v) is 26.2. The van der Waals surface area contributed by atoms with Crippen LogP contribution in [-0.2, 0) is 17.8 Å². The summed E-state index contributed by atoms with van der Waals surface area (Å²) in [5.41, 5.74) is 9.77. The molecule has 45 heavy (non-hydrogen) atoms. The van der Waals surface area contributed by atoms with E-state index in [1.165, 1.54) is 5.56 Å². The molecule has 4 aromatic carbocycles. The molecule has 0 radical (unpaired) electrons. The Kier molecular flexibility index (Phi) is 10.0. The van der Waals surface area contributed by atoms with E-state index >= 15 is 0 Å². The Bertz CT molecular complexity index is 1780. The van der Waals surface area contributed by atoms with Crippen LogP contribution < -0.4 is 29.4 Å². The molecule has 0 spiro atoms. The highest BCUT2D eigenvalue weighted by Gasteiger charge is 2.32. The van der Waals surface area contributed by atoms with E-state index in [-0.39, 0.29) is 30.4 Å². The number of ether oxygens (including phenoxy) is 5. The molecule has 2 N–H and O–H groups in total. The smallest absolute Gasteiger partial charge is 0.349 e. The fourth-order valence-electron chi connectivity index (χ4n) is 4.85. The van der Waals surface area contributed by atoms with Gasteiger partial charge >= 0.3 is 5.97 Å². The number of esters is 1. The molecular weight excluding hydrogens is 615 g/mol. The first-order valence-electron chi connectivity index (χ1n) is 14.3. The van der Waals surface area contributed by atoms with Gasteiger partial charge in [-0.1, -0.05) is 60.5 Å². The van der Waals surface area contributed by atoms with Gasteiger partial charge in [0.2, 0.25) is 5.88 Å². The number of carbonyl (C=O) groups excluding carboxylic acids is 1. The predicted molar refractivity (Wildman–Crippen MR) is 171 cm³/mol. The quantitative estimate of drug-likeness (QED) is 0.130. The summed E-state index contributed by atoms with van der Waals surface area (Å²) >= 11 is 12.3. The Morgan fingerprint density at radius 2 is 1.69 bits per heavy atom. The van der Waals surface area contributed by atoms with E-state index in [1.54, 1.807) is 42.5 Å². The summed E-state index contributed by atoms with van der Waals surface area (Å²) in [5.74, 6) is 0.951. The molecule has 0 saturated carbocycles. The number of benzene rings is 4. The fourth-order valence-corrected chi connectivity index (χ4v) is 5.32. The van der Waals surface area contributed by atoms with Gasteiger partial charge in [0, 0.05) is 27.2 Å². The Balaban J connectivity index is 1.36. The Morgan fingerprint density at radius 3 is 2.40 bits per heavy atom. The summed E-state index contributed by atoms with van der Waals surface area (Å²) < 4.78 is 28.8. The number of hydrogen-bond donors (Lipinski definition) is 1. The summed E-state index contributed by atoms with van der Waals surface area (Å²) in [7, 11) is 0. The van der Waals surface area contributed by atoms with Gasteiger partial charge in [0.05, 0.1) is 12.5 Å². The van der Waals surface area contributed by atoms with Crippen molar-refractivity contribution in [3.8, 4) is 34.8 Å². The third kappa shape index (κ3) is 7.46. The highest BCUT2D eigenvalue weighted by atomic mass is 35.5. The number of allylic oxidation sites excluding steroid dienone is 1. The molecule has 0 aromatic heterocycles. The largest absolute Gasteiger partial charge is 0.490 e. The average molecular weight is 646 g/mol. The maximum atomic E-state index is 12.5. The molecule has 0 amide bonds. The van der Waals surface area contributed by atoms with E-state index in [1.807, 2.05) is 43.3 Å². The fraction of sp³-hybridized carbons (Fsp3) is 0.200. The van der Waals surface area contributed by atoms with Crippen LogP contribution in [0.5, 0.6) is 28.7 Å². The van der Waals surface area contributed by atoms with Crippen molar-refractivity contribution < 1.29 is 28.5 Å². The summed E-state index contributed by atoms with van der Waals surface area (Å²) in [6, 6.07) is 25.3. The lowest BCUT2D eigenvalue weighted by Crippen LogP contribution is -2.22. The zero-order valence-electron chi connectivity index (χ0n) is 24.6. The molecule has 0 aliphatic carbocycles. The van der Waals surface area contributed by atoms with Gasteiger partial charge in [0.1, 0.15) is 35.5 Å². The molecule has 1 atom stereocenters. The Hall–Kier alpha value is -4.84. The van der Waals surface area contributed by atoms with Crippen LogP contribution in [0.4, 0.5) is 0 Å². The minimum absolute atomic E-state index is 0.0481. The van der Waals surface area contributed by atoms with E-state index in [0.29, 0.717) is 45.2 Å². The maximum absolute atomic E-state index is 12.5. The first-order valence-corrected chi connectivity index (χ1v) is 15.0. The van der Waals surface area contributed by atoms with E-state index in [2.05, 4.69) is 13.0 Å². The van der Waals surface area contributed by atoms with Crippen LogP contribution in [-0.4, -0.2) is 19.2 Å². The average Bonchev–Trinajstić information content (AvgIpc) is 3.03. The molecule has 5 rings (SSSR count). The monoisotopic (exact) mass is 644 g/mol. The maximum Gasteiger partial charge on any atom is 0.349 e. The van der Waals surface area contributed by atoms with Crippen molar-refractivity contribution in [2.45, 2.75) is 32.8 Å². The number of halogens is 2. The van der Waals surface area contributed by atoms with E-state index in [4.69, 9.17) is 52.6 Å². The van der Waals surface area contributed by atoms with Crippen LogP contribution in [0.15, 0.2) is 90.3 Å². The van der Waals surface area contributed by atoms with Crippen LogP contribution in [0.3, 0.4) is 0 Å². The second-order valence-corrected chi connectivity index (χ2v) is 10.9. The van der Waals surface area contributed by atoms with Crippen molar-refractivity contribution in [3.05, 3.63) is 123 Å². The zero-order chi connectivity index (χ0) is 31.9. The SMILES string of the molecule is CCOc1cc(C2C(C#N)=C(N)Oc3cc(OC(=O)COc4ccc(CC)cc4)ccc32)ccc1OCc1ccc(Cl)cc1Cl. The number of nitrogens with zero attached hydrogens (tertiary/aromatic N) is 1. The van der Waals surface area contributed by atoms with Crippen molar-refractivity contribution in [2.75, 3.05) is 13.2 Å². The third-order valence-corrected chi connectivity index (χ3v) is 7.70. The van der Waals surface area contributed by atoms with Gasteiger partial charge in [-0.2, -0.15) is 5.26 Å². The van der Waals surface area contributed by atoms with Crippen molar-refractivity contribution in [1.82, 2.24) is 0 Å². The van der Waals surface area contributed by atoms with Crippen LogP contribution in [0.1, 0.15) is 42.0 Å². The van der Waals surface area contributed by atoms with Gasteiger partial charge < -0.3 is 29.4 Å². The minimum Gasteiger partial charge on any atom is -0.490 e. The normalized spacial score (nSPS) is 13.7. The molecule has 0 saturated heterocycles. The summed E-state index contributed by atoms with van der Waals surface area (Å²) in [4.78, 5) is 12.5. The van der Waals surface area contributed by atoms with Gasteiger partial charge in [-0.15, -0.1) is 0 Å². The van der Waals surface area contributed by atoms with E-state index in [9.17, 15) is 10.1 Å². The number of nitrogens with two attached hydrogens (primary N) is 1.